The SMILES string of the molecule is Nc1cc(N2CCOCC2)ncc1C1=CCSC(O)C1O. The van der Waals surface area contributed by atoms with Crippen LogP contribution in [0.5, 0.6) is 0 Å². The topological polar surface area (TPSA) is 91.8 Å². The van der Waals surface area contributed by atoms with E-state index in [0.717, 1.165) is 18.9 Å². The molecule has 3 heterocycles. The first-order chi connectivity index (χ1) is 10.2. The number of nitrogens with zero attached hydrogens (tertiary/aromatic N) is 2. The van der Waals surface area contributed by atoms with E-state index in [1.165, 1.54) is 11.8 Å². The van der Waals surface area contributed by atoms with Gasteiger partial charge in [-0.25, -0.2) is 4.98 Å². The number of ether oxygens (including phenoxy) is 1. The average molecular weight is 309 g/mol. The fourth-order valence-corrected chi connectivity index (χ4v) is 3.34. The zero-order valence-electron chi connectivity index (χ0n) is 11.6. The Bertz CT molecular complexity index is 546. The predicted octanol–water partition coefficient (Wildman–Crippen LogP) is 0.310. The smallest absolute Gasteiger partial charge is 0.130 e. The number of aliphatic hydroxyl groups excluding tert-OH is 2. The Morgan fingerprint density at radius 2 is 2.10 bits per heavy atom. The molecule has 114 valence electrons. The van der Waals surface area contributed by atoms with Gasteiger partial charge in [0, 0.05) is 42.4 Å². The summed E-state index contributed by atoms with van der Waals surface area (Å²) in [6.45, 7) is 2.98. The van der Waals surface area contributed by atoms with Gasteiger partial charge in [-0.2, -0.15) is 0 Å². The number of thioether (sulfide) groups is 1. The molecule has 6 nitrogen and oxygen atoms in total. The highest BCUT2D eigenvalue weighted by molar-refractivity contribution is 8.00. The Morgan fingerprint density at radius 3 is 2.81 bits per heavy atom. The van der Waals surface area contributed by atoms with Crippen molar-refractivity contribution in [3.8, 4) is 0 Å². The Kier molecular flexibility index (Phi) is 4.34. The number of pyridine rings is 1. The van der Waals surface area contributed by atoms with Crippen molar-refractivity contribution < 1.29 is 14.9 Å². The molecule has 21 heavy (non-hydrogen) atoms. The first kappa shape index (κ1) is 14.6. The van der Waals surface area contributed by atoms with Crippen LogP contribution < -0.4 is 10.6 Å². The Labute approximate surface area is 127 Å². The third kappa shape index (κ3) is 3.01. The average Bonchev–Trinajstić information content (AvgIpc) is 2.51. The number of hydrogen-bond acceptors (Lipinski definition) is 7. The molecule has 1 aromatic rings. The molecule has 4 N–H and O–H groups in total. The number of hydrogen-bond donors (Lipinski definition) is 3. The predicted molar refractivity (Wildman–Crippen MR) is 84.1 cm³/mol. The molecule has 7 heteroatoms. The van der Waals surface area contributed by atoms with Gasteiger partial charge in [-0.05, 0) is 5.57 Å². The van der Waals surface area contributed by atoms with E-state index in [2.05, 4.69) is 9.88 Å². The van der Waals surface area contributed by atoms with Crippen LogP contribution >= 0.6 is 11.8 Å². The fraction of sp³-hybridized carbons (Fsp3) is 0.500. The number of nitrogens with two attached hydrogens (primary N) is 1. The minimum absolute atomic E-state index is 0.566. The lowest BCUT2D eigenvalue weighted by Gasteiger charge is -2.29. The molecule has 2 atom stereocenters. The number of nitrogen functional groups attached to an aromatic ring is 1. The molecule has 0 amide bonds. The maximum absolute atomic E-state index is 10.1. The van der Waals surface area contributed by atoms with Crippen LogP contribution in [-0.2, 0) is 4.74 Å². The van der Waals surface area contributed by atoms with Crippen molar-refractivity contribution in [3.05, 3.63) is 23.9 Å². The highest BCUT2D eigenvalue weighted by atomic mass is 32.2. The number of anilines is 2. The van der Waals surface area contributed by atoms with Crippen molar-refractivity contribution in [1.82, 2.24) is 4.98 Å². The number of rotatable bonds is 2. The summed E-state index contributed by atoms with van der Waals surface area (Å²) in [5.74, 6) is 1.47. The lowest BCUT2D eigenvalue weighted by molar-refractivity contribution is 0.113. The van der Waals surface area contributed by atoms with Crippen LogP contribution in [0.1, 0.15) is 5.56 Å². The molecule has 2 aliphatic heterocycles. The van der Waals surface area contributed by atoms with Crippen LogP contribution in [0.25, 0.3) is 5.57 Å². The first-order valence-electron chi connectivity index (χ1n) is 6.93. The van der Waals surface area contributed by atoms with Gasteiger partial charge in [0.25, 0.3) is 0 Å². The zero-order chi connectivity index (χ0) is 14.8. The van der Waals surface area contributed by atoms with Gasteiger partial charge < -0.3 is 25.6 Å². The Hall–Kier alpha value is -1.28. The molecule has 0 aliphatic carbocycles. The van der Waals surface area contributed by atoms with Crippen LogP contribution in [0.4, 0.5) is 11.5 Å². The summed E-state index contributed by atoms with van der Waals surface area (Å²) in [6.07, 6.45) is 2.64. The van der Waals surface area contributed by atoms with E-state index >= 15 is 0 Å². The summed E-state index contributed by atoms with van der Waals surface area (Å²) < 4.78 is 5.32. The molecule has 1 saturated heterocycles. The Morgan fingerprint density at radius 1 is 1.33 bits per heavy atom. The number of morpholine rings is 1. The molecular formula is C14H19N3O3S. The lowest BCUT2D eigenvalue weighted by atomic mass is 10.0. The minimum atomic E-state index is -0.929. The number of aliphatic hydroxyl groups is 2. The van der Waals surface area contributed by atoms with E-state index in [4.69, 9.17) is 10.5 Å². The van der Waals surface area contributed by atoms with Gasteiger partial charge >= 0.3 is 0 Å². The van der Waals surface area contributed by atoms with Crippen molar-refractivity contribution >= 4 is 28.8 Å². The lowest BCUT2D eigenvalue weighted by Crippen LogP contribution is -2.36. The van der Waals surface area contributed by atoms with Gasteiger partial charge in [-0.3, -0.25) is 0 Å². The van der Waals surface area contributed by atoms with Gasteiger partial charge in [0.15, 0.2) is 0 Å². The van der Waals surface area contributed by atoms with Gasteiger partial charge in [0.1, 0.15) is 17.4 Å². The van der Waals surface area contributed by atoms with Crippen molar-refractivity contribution in [2.45, 2.75) is 11.5 Å². The van der Waals surface area contributed by atoms with E-state index < -0.39 is 11.5 Å². The largest absolute Gasteiger partial charge is 0.398 e. The van der Waals surface area contributed by atoms with Crippen LogP contribution in [0.3, 0.4) is 0 Å². The van der Waals surface area contributed by atoms with E-state index in [1.54, 1.807) is 6.20 Å². The summed E-state index contributed by atoms with van der Waals surface area (Å²) in [7, 11) is 0. The normalized spacial score (nSPS) is 26.6. The van der Waals surface area contributed by atoms with Gasteiger partial charge in [0.05, 0.1) is 13.2 Å². The monoisotopic (exact) mass is 309 g/mol. The third-order valence-electron chi connectivity index (χ3n) is 3.73. The van der Waals surface area contributed by atoms with Crippen LogP contribution in [0.15, 0.2) is 18.3 Å². The minimum Gasteiger partial charge on any atom is -0.398 e. The van der Waals surface area contributed by atoms with Crippen LogP contribution in [-0.4, -0.2) is 58.8 Å². The molecule has 2 aliphatic rings. The second-order valence-corrected chi connectivity index (χ2v) is 6.21. The van der Waals surface area contributed by atoms with Gasteiger partial charge in [-0.15, -0.1) is 11.8 Å². The molecule has 0 radical (unpaired) electrons. The van der Waals surface area contributed by atoms with Gasteiger partial charge in [-0.1, -0.05) is 6.08 Å². The third-order valence-corrected chi connectivity index (χ3v) is 4.69. The molecule has 0 aromatic carbocycles. The summed E-state index contributed by atoms with van der Waals surface area (Å²) in [5.41, 5.74) is 7.22. The summed E-state index contributed by atoms with van der Waals surface area (Å²) in [6, 6.07) is 1.82. The van der Waals surface area contributed by atoms with Crippen LogP contribution in [0, 0.1) is 0 Å². The zero-order valence-corrected chi connectivity index (χ0v) is 12.4. The maximum Gasteiger partial charge on any atom is 0.130 e. The molecule has 0 saturated carbocycles. The number of aromatic nitrogens is 1. The van der Waals surface area contributed by atoms with E-state index in [-0.39, 0.29) is 0 Å². The molecule has 1 aromatic heterocycles. The van der Waals surface area contributed by atoms with E-state index in [9.17, 15) is 10.2 Å². The second kappa shape index (κ2) is 6.23. The molecular weight excluding hydrogens is 290 g/mol. The standard InChI is InChI=1S/C14H19N3O3S/c15-11-7-12(17-2-4-20-5-3-17)16-8-10(11)9-1-6-21-14(19)13(9)18/h1,7-8,13-14,18-19H,2-6H2,(H2,15,16). The van der Waals surface area contributed by atoms with Gasteiger partial charge in [0.2, 0.25) is 0 Å². The molecule has 0 bridgehead atoms. The Balaban J connectivity index is 1.86. The van der Waals surface area contributed by atoms with Crippen molar-refractivity contribution in [3.63, 3.8) is 0 Å². The summed E-state index contributed by atoms with van der Waals surface area (Å²) in [4.78, 5) is 6.57. The molecule has 2 unspecified atom stereocenters. The van der Waals surface area contributed by atoms with Crippen molar-refractivity contribution in [2.75, 3.05) is 42.7 Å². The highest BCUT2D eigenvalue weighted by Crippen LogP contribution is 2.34. The second-order valence-electron chi connectivity index (χ2n) is 5.06. The molecule has 3 rings (SSSR count). The fourth-order valence-electron chi connectivity index (χ4n) is 2.54. The van der Waals surface area contributed by atoms with E-state index in [1.807, 2.05) is 12.1 Å². The quantitative estimate of drug-likeness (QED) is 0.724. The summed E-state index contributed by atoms with van der Waals surface area (Å²) >= 11 is 1.30. The first-order valence-corrected chi connectivity index (χ1v) is 7.98. The highest BCUT2D eigenvalue weighted by Gasteiger charge is 2.27. The van der Waals surface area contributed by atoms with Crippen molar-refractivity contribution in [2.24, 2.45) is 0 Å². The summed E-state index contributed by atoms with van der Waals surface area (Å²) in [5, 5.41) is 19.8. The molecule has 1 fully saturated rings. The van der Waals surface area contributed by atoms with Crippen molar-refractivity contribution in [1.29, 1.82) is 0 Å². The molecule has 0 spiro atoms. The van der Waals surface area contributed by atoms with E-state index in [0.29, 0.717) is 35.8 Å². The maximum atomic E-state index is 10.1. The van der Waals surface area contributed by atoms with Crippen LogP contribution in [0.2, 0.25) is 0 Å².